The van der Waals surface area contributed by atoms with Gasteiger partial charge in [0.15, 0.2) is 0 Å². The van der Waals surface area contributed by atoms with E-state index in [1.807, 2.05) is 0 Å². The monoisotopic (exact) mass is 262 g/mol. The van der Waals surface area contributed by atoms with E-state index in [9.17, 15) is 17.6 Å². The van der Waals surface area contributed by atoms with E-state index in [1.54, 1.807) is 4.89 Å². The van der Waals surface area contributed by atoms with Gasteiger partial charge in [-0.3, -0.25) is 9.63 Å². The van der Waals surface area contributed by atoms with Gasteiger partial charge in [0.05, 0.1) is 4.90 Å². The first kappa shape index (κ1) is 13.6. The average Bonchev–Trinajstić information content (AvgIpc) is 2.29. The van der Waals surface area contributed by atoms with Crippen LogP contribution in [-0.2, 0) is 19.7 Å². The number of carbonyl (C=O) groups excluding carboxylic acids is 1. The first-order valence-corrected chi connectivity index (χ1v) is 6.04. The number of amides is 1. The SMILES string of the molecule is CNC(=O)CONS(=O)(=O)c1ccc(F)cc1. The molecule has 1 aromatic rings. The Hall–Kier alpha value is -1.51. The summed E-state index contributed by atoms with van der Waals surface area (Å²) in [4.78, 5) is 16.8. The van der Waals surface area contributed by atoms with Crippen molar-refractivity contribution < 1.29 is 22.4 Å². The molecule has 1 amide bonds. The van der Waals surface area contributed by atoms with Crippen LogP contribution >= 0.6 is 0 Å². The fraction of sp³-hybridized carbons (Fsp3) is 0.222. The van der Waals surface area contributed by atoms with Gasteiger partial charge < -0.3 is 5.32 Å². The van der Waals surface area contributed by atoms with Crippen molar-refractivity contribution in [1.82, 2.24) is 10.2 Å². The highest BCUT2D eigenvalue weighted by Gasteiger charge is 2.14. The molecule has 8 heteroatoms. The summed E-state index contributed by atoms with van der Waals surface area (Å²) >= 11 is 0. The summed E-state index contributed by atoms with van der Waals surface area (Å²) in [6, 6.07) is 4.18. The minimum atomic E-state index is -3.90. The van der Waals surface area contributed by atoms with Gasteiger partial charge in [0, 0.05) is 7.05 Å². The highest BCUT2D eigenvalue weighted by molar-refractivity contribution is 7.89. The van der Waals surface area contributed by atoms with Crippen LogP contribution in [0.1, 0.15) is 0 Å². The third-order valence-corrected chi connectivity index (χ3v) is 3.00. The number of hydrogen-bond acceptors (Lipinski definition) is 4. The van der Waals surface area contributed by atoms with Crippen molar-refractivity contribution in [2.24, 2.45) is 0 Å². The molecule has 94 valence electrons. The quantitative estimate of drug-likeness (QED) is 0.719. The Morgan fingerprint density at radius 1 is 1.35 bits per heavy atom. The zero-order chi connectivity index (χ0) is 12.9. The van der Waals surface area contributed by atoms with Gasteiger partial charge in [-0.15, -0.1) is 0 Å². The van der Waals surface area contributed by atoms with Crippen LogP contribution in [0.5, 0.6) is 0 Å². The van der Waals surface area contributed by atoms with Gasteiger partial charge in [0.25, 0.3) is 10.0 Å². The molecule has 0 radical (unpaired) electrons. The van der Waals surface area contributed by atoms with Crippen LogP contribution in [-0.4, -0.2) is 28.0 Å². The van der Waals surface area contributed by atoms with Crippen LogP contribution in [0.4, 0.5) is 4.39 Å². The fourth-order valence-corrected chi connectivity index (χ4v) is 1.71. The smallest absolute Gasteiger partial charge is 0.262 e. The summed E-state index contributed by atoms with van der Waals surface area (Å²) in [7, 11) is -2.51. The van der Waals surface area contributed by atoms with E-state index in [1.165, 1.54) is 7.05 Å². The number of sulfonamides is 1. The van der Waals surface area contributed by atoms with Crippen LogP contribution < -0.4 is 10.2 Å². The minimum Gasteiger partial charge on any atom is -0.357 e. The first-order valence-electron chi connectivity index (χ1n) is 4.55. The van der Waals surface area contributed by atoms with Gasteiger partial charge >= 0.3 is 0 Å². The zero-order valence-corrected chi connectivity index (χ0v) is 9.75. The molecule has 17 heavy (non-hydrogen) atoms. The van der Waals surface area contributed by atoms with Crippen molar-refractivity contribution in [2.75, 3.05) is 13.7 Å². The predicted octanol–water partition coefficient (Wildman–Crippen LogP) is -0.218. The number of halogens is 1. The van der Waals surface area contributed by atoms with Crippen molar-refractivity contribution in [2.45, 2.75) is 4.90 Å². The van der Waals surface area contributed by atoms with Gasteiger partial charge in [-0.2, -0.15) is 0 Å². The molecule has 0 aliphatic rings. The molecule has 0 atom stereocenters. The van der Waals surface area contributed by atoms with E-state index in [2.05, 4.69) is 10.2 Å². The maximum absolute atomic E-state index is 12.6. The lowest BCUT2D eigenvalue weighted by Gasteiger charge is -2.06. The van der Waals surface area contributed by atoms with Crippen molar-refractivity contribution in [3.63, 3.8) is 0 Å². The number of carbonyl (C=O) groups is 1. The summed E-state index contributed by atoms with van der Waals surface area (Å²) in [6.07, 6.45) is 0. The Labute approximate surface area is 97.8 Å². The van der Waals surface area contributed by atoms with E-state index >= 15 is 0 Å². The largest absolute Gasteiger partial charge is 0.357 e. The summed E-state index contributed by atoms with van der Waals surface area (Å²) in [5.41, 5.74) is 0. The molecule has 0 bridgehead atoms. The van der Waals surface area contributed by atoms with Gasteiger partial charge in [0.2, 0.25) is 5.91 Å². The Kier molecular flexibility index (Phi) is 4.55. The molecule has 0 aliphatic heterocycles. The number of rotatable bonds is 5. The normalized spacial score (nSPS) is 11.2. The molecular weight excluding hydrogens is 251 g/mol. The second kappa shape index (κ2) is 5.71. The van der Waals surface area contributed by atoms with E-state index in [0.29, 0.717) is 0 Å². The first-order chi connectivity index (χ1) is 7.95. The molecule has 0 unspecified atom stereocenters. The molecular formula is C9H11FN2O4S. The number of likely N-dealkylation sites (N-methyl/N-ethyl adjacent to an activating group) is 1. The molecule has 1 aromatic carbocycles. The number of nitrogens with one attached hydrogen (secondary N) is 2. The molecule has 6 nitrogen and oxygen atoms in total. The highest BCUT2D eigenvalue weighted by atomic mass is 32.2. The standard InChI is InChI=1S/C9H11FN2O4S/c1-11-9(13)6-16-12-17(14,15)8-4-2-7(10)3-5-8/h2-5,12H,6H2,1H3,(H,11,13). The Morgan fingerprint density at radius 3 is 2.47 bits per heavy atom. The van der Waals surface area contributed by atoms with E-state index in [0.717, 1.165) is 24.3 Å². The van der Waals surface area contributed by atoms with E-state index in [4.69, 9.17) is 0 Å². The van der Waals surface area contributed by atoms with Gasteiger partial charge in [0.1, 0.15) is 12.4 Å². The topological polar surface area (TPSA) is 84.5 Å². The lowest BCUT2D eigenvalue weighted by molar-refractivity contribution is -0.126. The van der Waals surface area contributed by atoms with Crippen LogP contribution in [0, 0.1) is 5.82 Å². The molecule has 0 saturated carbocycles. The van der Waals surface area contributed by atoms with Crippen molar-refractivity contribution in [3.8, 4) is 0 Å². The van der Waals surface area contributed by atoms with Crippen molar-refractivity contribution in [3.05, 3.63) is 30.1 Å². The molecule has 0 fully saturated rings. The molecule has 0 heterocycles. The third kappa shape index (κ3) is 4.10. The maximum atomic E-state index is 12.6. The lowest BCUT2D eigenvalue weighted by Crippen LogP contribution is -2.31. The molecule has 0 saturated heterocycles. The predicted molar refractivity (Wildman–Crippen MR) is 56.7 cm³/mol. The molecule has 0 aliphatic carbocycles. The van der Waals surface area contributed by atoms with E-state index in [-0.39, 0.29) is 4.90 Å². The summed E-state index contributed by atoms with van der Waals surface area (Å²) < 4.78 is 35.6. The maximum Gasteiger partial charge on any atom is 0.262 e. The fourth-order valence-electron chi connectivity index (χ4n) is 0.907. The van der Waals surface area contributed by atoms with Crippen LogP contribution in [0.25, 0.3) is 0 Å². The number of hydrogen-bond donors (Lipinski definition) is 2. The molecule has 1 rings (SSSR count). The summed E-state index contributed by atoms with van der Waals surface area (Å²) in [6.45, 7) is -0.447. The lowest BCUT2D eigenvalue weighted by atomic mass is 10.4. The molecule has 2 N–H and O–H groups in total. The molecule has 0 aromatic heterocycles. The second-order valence-electron chi connectivity index (χ2n) is 3.00. The van der Waals surface area contributed by atoms with Gasteiger partial charge in [-0.05, 0) is 24.3 Å². The van der Waals surface area contributed by atoms with Crippen LogP contribution in [0.3, 0.4) is 0 Å². The minimum absolute atomic E-state index is 0.157. The Morgan fingerprint density at radius 2 is 1.94 bits per heavy atom. The Bertz CT molecular complexity index is 486. The zero-order valence-electron chi connectivity index (χ0n) is 8.94. The van der Waals surface area contributed by atoms with Crippen molar-refractivity contribution >= 4 is 15.9 Å². The van der Waals surface area contributed by atoms with Gasteiger partial charge in [-0.25, -0.2) is 12.8 Å². The van der Waals surface area contributed by atoms with Crippen molar-refractivity contribution in [1.29, 1.82) is 0 Å². The van der Waals surface area contributed by atoms with Gasteiger partial charge in [-0.1, -0.05) is 4.89 Å². The summed E-state index contributed by atoms with van der Waals surface area (Å²) in [5.74, 6) is -1.03. The van der Waals surface area contributed by atoms with E-state index < -0.39 is 28.4 Å². The van der Waals surface area contributed by atoms with Crippen LogP contribution in [0.2, 0.25) is 0 Å². The highest BCUT2D eigenvalue weighted by Crippen LogP contribution is 2.09. The second-order valence-corrected chi connectivity index (χ2v) is 4.65. The third-order valence-electron chi connectivity index (χ3n) is 1.77. The summed E-state index contributed by atoms with van der Waals surface area (Å²) in [5, 5.41) is 2.25. The number of benzene rings is 1. The molecule has 0 spiro atoms. The Balaban J connectivity index is 2.63. The average molecular weight is 262 g/mol. The van der Waals surface area contributed by atoms with Crippen LogP contribution in [0.15, 0.2) is 29.2 Å².